The fraction of sp³-hybridized carbons (Fsp3) is 0.212. The Labute approximate surface area is 253 Å². The average molecular weight is 595 g/mol. The van der Waals surface area contributed by atoms with Crippen molar-refractivity contribution in [2.75, 3.05) is 10.2 Å². The molecule has 0 saturated carbocycles. The second-order valence-corrected chi connectivity index (χ2v) is 12.1. The van der Waals surface area contributed by atoms with Gasteiger partial charge in [0.2, 0.25) is 0 Å². The van der Waals surface area contributed by atoms with E-state index in [0.29, 0.717) is 11.3 Å². The maximum Gasteiger partial charge on any atom is 0.270 e. The molecule has 0 unspecified atom stereocenters. The predicted molar refractivity (Wildman–Crippen MR) is 172 cm³/mol. The summed E-state index contributed by atoms with van der Waals surface area (Å²) in [4.78, 5) is 43.0. The first-order valence-electron chi connectivity index (χ1n) is 13.9. The highest BCUT2D eigenvalue weighted by Gasteiger charge is 2.35. The third-order valence-electron chi connectivity index (χ3n) is 7.75. The second-order valence-electron chi connectivity index (χ2n) is 10.7. The van der Waals surface area contributed by atoms with Crippen molar-refractivity contribution in [2.45, 2.75) is 46.5 Å². The van der Waals surface area contributed by atoms with Crippen molar-refractivity contribution in [2.24, 2.45) is 0 Å². The molecule has 42 heavy (non-hydrogen) atoms. The van der Waals surface area contributed by atoms with Crippen LogP contribution < -0.4 is 15.5 Å². The third-order valence-corrected chi connectivity index (χ3v) is 9.31. The number of hydrogen-bond acceptors (Lipinski definition) is 5. The zero-order chi connectivity index (χ0) is 29.5. The van der Waals surface area contributed by atoms with E-state index < -0.39 is 11.8 Å². The minimum atomic E-state index is -0.534. The lowest BCUT2D eigenvalue weighted by molar-refractivity contribution is -0.122. The maximum absolute atomic E-state index is 13.8. The van der Waals surface area contributed by atoms with Gasteiger partial charge < -0.3 is 9.88 Å². The van der Waals surface area contributed by atoms with E-state index in [2.05, 4.69) is 15.2 Å². The summed E-state index contributed by atoms with van der Waals surface area (Å²) >= 11 is 7.02. The van der Waals surface area contributed by atoms with Crippen LogP contribution in [-0.4, -0.2) is 27.4 Å². The molecule has 2 aromatic carbocycles. The average Bonchev–Trinajstić information content (AvgIpc) is 3.47. The summed E-state index contributed by atoms with van der Waals surface area (Å²) in [6.45, 7) is 5.86. The number of amides is 3. The highest BCUT2D eigenvalue weighted by Crippen LogP contribution is 2.39. The lowest BCUT2D eigenvalue weighted by Crippen LogP contribution is -2.54. The van der Waals surface area contributed by atoms with Crippen LogP contribution in [0.1, 0.15) is 56.2 Å². The van der Waals surface area contributed by atoms with Crippen LogP contribution in [0.4, 0.5) is 11.4 Å². The smallest absolute Gasteiger partial charge is 0.270 e. The van der Waals surface area contributed by atoms with Gasteiger partial charge in [0.15, 0.2) is 5.11 Å². The number of thiophene rings is 1. The molecule has 0 radical (unpaired) electrons. The zero-order valence-electron chi connectivity index (χ0n) is 23.6. The van der Waals surface area contributed by atoms with Crippen molar-refractivity contribution in [1.82, 2.24) is 9.88 Å². The largest absolute Gasteiger partial charge is 0.322 e. The summed E-state index contributed by atoms with van der Waals surface area (Å²) in [5.41, 5.74) is 6.59. The number of carbonyl (C=O) groups excluding carboxylic acids is 3. The number of carbonyl (C=O) groups is 3. The quantitative estimate of drug-likeness (QED) is 0.159. The molecule has 1 aliphatic carbocycles. The van der Waals surface area contributed by atoms with Crippen molar-refractivity contribution in [3.8, 4) is 5.00 Å². The van der Waals surface area contributed by atoms with Crippen molar-refractivity contribution in [3.05, 3.63) is 105 Å². The molecule has 3 amide bonds. The fourth-order valence-corrected chi connectivity index (χ4v) is 7.50. The minimum Gasteiger partial charge on any atom is -0.322 e. The number of thiocarbonyl (C=S) groups is 1. The monoisotopic (exact) mass is 594 g/mol. The highest BCUT2D eigenvalue weighted by molar-refractivity contribution is 7.80. The first-order valence-corrected chi connectivity index (χ1v) is 15.1. The van der Waals surface area contributed by atoms with Gasteiger partial charge in [-0.05, 0) is 112 Å². The molecular formula is C33H30N4O3S2. The SMILES string of the molecule is Cc1cccc(N2C(=O)/C(=C/c3cc(C)n(-c4sc5c(c4C(=O)Nc4ccccc4)CCCC5)c3C)C(=O)NC2=S)c1. The van der Waals surface area contributed by atoms with E-state index in [4.69, 9.17) is 12.2 Å². The van der Waals surface area contributed by atoms with Gasteiger partial charge in [-0.15, -0.1) is 11.3 Å². The van der Waals surface area contributed by atoms with E-state index in [-0.39, 0.29) is 16.6 Å². The summed E-state index contributed by atoms with van der Waals surface area (Å²) in [5, 5.41) is 6.67. The van der Waals surface area contributed by atoms with Gasteiger partial charge in [-0.3, -0.25) is 24.6 Å². The van der Waals surface area contributed by atoms with Gasteiger partial charge in [-0.25, -0.2) is 0 Å². The number of anilines is 2. The van der Waals surface area contributed by atoms with E-state index >= 15 is 0 Å². The van der Waals surface area contributed by atoms with Gasteiger partial charge in [-0.2, -0.15) is 0 Å². The topological polar surface area (TPSA) is 83.4 Å². The zero-order valence-corrected chi connectivity index (χ0v) is 25.2. The molecule has 6 rings (SSSR count). The van der Waals surface area contributed by atoms with Crippen LogP contribution in [0.2, 0.25) is 0 Å². The molecule has 2 N–H and O–H groups in total. The van der Waals surface area contributed by atoms with Crippen LogP contribution in [0.25, 0.3) is 11.1 Å². The van der Waals surface area contributed by atoms with E-state index in [1.165, 1.54) is 9.78 Å². The van der Waals surface area contributed by atoms with E-state index in [9.17, 15) is 14.4 Å². The summed E-state index contributed by atoms with van der Waals surface area (Å²) in [5.74, 6) is -1.14. The number of rotatable bonds is 5. The standard InChI is InChI=1S/C33H30N4O3S2/c1-19-10-9-13-24(16-19)37-31(40)26(29(38)35-33(37)41)18-22-17-20(2)36(21(22)3)32-28(25-14-7-8-15-27(25)42-32)30(39)34-23-11-5-4-6-12-23/h4-6,9-13,16-18H,7-8,14-15H2,1-3H3,(H,34,39)(H,35,38,41)/b26-18+. The Morgan fingerprint density at radius 2 is 1.76 bits per heavy atom. The Morgan fingerprint density at radius 1 is 1.00 bits per heavy atom. The van der Waals surface area contributed by atoms with Crippen molar-refractivity contribution in [3.63, 3.8) is 0 Å². The number of fused-ring (bicyclic) bond motifs is 1. The molecule has 9 heteroatoms. The van der Waals surface area contributed by atoms with Gasteiger partial charge in [0.05, 0.1) is 11.3 Å². The number of nitrogens with one attached hydrogen (secondary N) is 2. The summed E-state index contributed by atoms with van der Waals surface area (Å²) in [7, 11) is 0. The summed E-state index contributed by atoms with van der Waals surface area (Å²) in [6.07, 6.45) is 5.59. The molecular weight excluding hydrogens is 565 g/mol. The number of hydrogen-bond donors (Lipinski definition) is 2. The van der Waals surface area contributed by atoms with Gasteiger partial charge in [0, 0.05) is 22.0 Å². The molecule has 1 fully saturated rings. The molecule has 0 spiro atoms. The number of aromatic nitrogens is 1. The molecule has 7 nitrogen and oxygen atoms in total. The lowest BCUT2D eigenvalue weighted by atomic mass is 9.95. The van der Waals surface area contributed by atoms with Crippen molar-refractivity contribution >= 4 is 63.8 Å². The Morgan fingerprint density at radius 3 is 2.52 bits per heavy atom. The van der Waals surface area contributed by atoms with Crippen LogP contribution in [0.5, 0.6) is 0 Å². The Hall–Kier alpha value is -4.34. The van der Waals surface area contributed by atoms with Gasteiger partial charge in [-0.1, -0.05) is 30.3 Å². The number of benzene rings is 2. The molecule has 1 saturated heterocycles. The molecule has 212 valence electrons. The van der Waals surface area contributed by atoms with Crippen LogP contribution in [0.15, 0.2) is 66.2 Å². The Balaban J connectivity index is 1.42. The first-order chi connectivity index (χ1) is 20.2. The van der Waals surface area contributed by atoms with E-state index in [0.717, 1.165) is 64.4 Å². The predicted octanol–water partition coefficient (Wildman–Crippen LogP) is 6.43. The van der Waals surface area contributed by atoms with Crippen molar-refractivity contribution in [1.29, 1.82) is 0 Å². The molecule has 0 bridgehead atoms. The molecule has 1 aliphatic heterocycles. The fourth-order valence-electron chi connectivity index (χ4n) is 5.72. The summed E-state index contributed by atoms with van der Waals surface area (Å²) in [6, 6.07) is 18.8. The maximum atomic E-state index is 13.8. The molecule has 4 aromatic rings. The Kier molecular flexibility index (Phi) is 7.38. The van der Waals surface area contributed by atoms with Gasteiger partial charge in [0.1, 0.15) is 10.6 Å². The normalized spacial score (nSPS) is 16.0. The van der Waals surface area contributed by atoms with Gasteiger partial charge >= 0.3 is 0 Å². The number of para-hydroxylation sites is 1. The Bertz CT molecular complexity index is 1800. The second kappa shape index (κ2) is 11.2. The molecule has 2 aromatic heterocycles. The number of nitrogens with zero attached hydrogens (tertiary/aromatic N) is 2. The first kappa shape index (κ1) is 27.8. The molecule has 3 heterocycles. The van der Waals surface area contributed by atoms with Crippen LogP contribution in [-0.2, 0) is 22.4 Å². The lowest BCUT2D eigenvalue weighted by Gasteiger charge is -2.29. The molecule has 2 aliphatic rings. The van der Waals surface area contributed by atoms with Crippen molar-refractivity contribution < 1.29 is 14.4 Å². The minimum absolute atomic E-state index is 0.00197. The van der Waals surface area contributed by atoms with E-state index in [1.54, 1.807) is 23.5 Å². The van der Waals surface area contributed by atoms with Crippen LogP contribution in [0.3, 0.4) is 0 Å². The van der Waals surface area contributed by atoms with Gasteiger partial charge in [0.25, 0.3) is 17.7 Å². The van der Waals surface area contributed by atoms with Crippen LogP contribution >= 0.6 is 23.6 Å². The molecule has 0 atom stereocenters. The number of aryl methyl sites for hydroxylation is 3. The third kappa shape index (κ3) is 4.99. The van der Waals surface area contributed by atoms with Crippen LogP contribution in [0, 0.1) is 20.8 Å². The highest BCUT2D eigenvalue weighted by atomic mass is 32.1. The van der Waals surface area contributed by atoms with E-state index in [1.807, 2.05) is 75.4 Å². The summed E-state index contributed by atoms with van der Waals surface area (Å²) < 4.78 is 2.07.